The summed E-state index contributed by atoms with van der Waals surface area (Å²) in [5, 5.41) is 2.91. The van der Waals surface area contributed by atoms with Gasteiger partial charge in [0.2, 0.25) is 5.91 Å². The zero-order valence-corrected chi connectivity index (χ0v) is 16.0. The Hall–Kier alpha value is -3.80. The summed E-state index contributed by atoms with van der Waals surface area (Å²) in [7, 11) is 1.59. The van der Waals surface area contributed by atoms with Gasteiger partial charge in [-0.2, -0.15) is 0 Å². The van der Waals surface area contributed by atoms with E-state index in [1.165, 1.54) is 0 Å². The average Bonchev–Trinajstić information content (AvgIpc) is 3.19. The number of imidazole rings is 1. The van der Waals surface area contributed by atoms with Crippen LogP contribution in [-0.4, -0.2) is 29.6 Å². The summed E-state index contributed by atoms with van der Waals surface area (Å²) in [6.45, 7) is 0.259. The molecular weight excluding hydrogens is 366 g/mol. The van der Waals surface area contributed by atoms with Crippen LogP contribution in [-0.2, 0) is 4.79 Å². The smallest absolute Gasteiger partial charge is 0.227 e. The number of fused-ring (bicyclic) bond motifs is 1. The number of hydrogen-bond acceptors (Lipinski definition) is 4. The Bertz CT molecular complexity index is 1100. The fourth-order valence-electron chi connectivity index (χ4n) is 3.05. The summed E-state index contributed by atoms with van der Waals surface area (Å²) >= 11 is 0. The first-order chi connectivity index (χ1) is 14.2. The number of methoxy groups -OCH3 is 1. The highest BCUT2D eigenvalue weighted by atomic mass is 16.5. The molecule has 0 aliphatic heterocycles. The van der Waals surface area contributed by atoms with E-state index in [1.54, 1.807) is 7.11 Å². The largest absolute Gasteiger partial charge is 0.493 e. The molecule has 4 rings (SSSR count). The quantitative estimate of drug-likeness (QED) is 0.484. The second kappa shape index (κ2) is 8.48. The molecule has 2 N–H and O–H groups in total. The number of nitrogens with zero attached hydrogens (tertiary/aromatic N) is 1. The van der Waals surface area contributed by atoms with Crippen molar-refractivity contribution < 1.29 is 14.3 Å². The van der Waals surface area contributed by atoms with Gasteiger partial charge >= 0.3 is 0 Å². The van der Waals surface area contributed by atoms with E-state index in [1.807, 2.05) is 72.8 Å². The van der Waals surface area contributed by atoms with Gasteiger partial charge in [0.25, 0.3) is 0 Å². The summed E-state index contributed by atoms with van der Waals surface area (Å²) in [5.74, 6) is 1.91. The minimum absolute atomic E-state index is 0.123. The molecular formula is C23H21N3O3. The van der Waals surface area contributed by atoms with E-state index >= 15 is 0 Å². The lowest BCUT2D eigenvalue weighted by Gasteiger charge is -2.10. The van der Waals surface area contributed by atoms with E-state index in [-0.39, 0.29) is 18.9 Å². The van der Waals surface area contributed by atoms with Gasteiger partial charge in [0.15, 0.2) is 11.5 Å². The van der Waals surface area contributed by atoms with Gasteiger partial charge < -0.3 is 19.8 Å². The molecule has 146 valence electrons. The fourth-order valence-corrected chi connectivity index (χ4v) is 3.05. The van der Waals surface area contributed by atoms with Crippen LogP contribution in [0, 0.1) is 0 Å². The van der Waals surface area contributed by atoms with Gasteiger partial charge in [0.1, 0.15) is 5.82 Å². The van der Waals surface area contributed by atoms with Crippen LogP contribution >= 0.6 is 0 Å². The number of para-hydroxylation sites is 4. The van der Waals surface area contributed by atoms with Crippen LogP contribution in [0.5, 0.6) is 11.5 Å². The molecule has 29 heavy (non-hydrogen) atoms. The van der Waals surface area contributed by atoms with Gasteiger partial charge in [-0.05, 0) is 36.4 Å². The Morgan fingerprint density at radius 2 is 1.79 bits per heavy atom. The van der Waals surface area contributed by atoms with Crippen LogP contribution in [0.1, 0.15) is 6.42 Å². The molecule has 1 amide bonds. The van der Waals surface area contributed by atoms with Crippen molar-refractivity contribution in [2.45, 2.75) is 6.42 Å². The normalized spacial score (nSPS) is 10.7. The molecule has 1 heterocycles. The highest BCUT2D eigenvalue weighted by molar-refractivity contribution is 5.91. The first-order valence-electron chi connectivity index (χ1n) is 9.34. The number of hydrogen-bond donors (Lipinski definition) is 2. The molecule has 0 saturated heterocycles. The number of carbonyl (C=O) groups excluding carboxylic acids is 1. The van der Waals surface area contributed by atoms with Crippen molar-refractivity contribution in [3.05, 3.63) is 72.8 Å². The lowest BCUT2D eigenvalue weighted by molar-refractivity contribution is -0.116. The van der Waals surface area contributed by atoms with Crippen molar-refractivity contribution >= 4 is 22.6 Å². The maximum atomic E-state index is 12.3. The minimum atomic E-state index is -0.123. The summed E-state index contributed by atoms with van der Waals surface area (Å²) in [6, 6.07) is 22.8. The van der Waals surface area contributed by atoms with Crippen LogP contribution in [0.3, 0.4) is 0 Å². The van der Waals surface area contributed by atoms with Crippen LogP contribution in [0.4, 0.5) is 5.69 Å². The monoisotopic (exact) mass is 387 g/mol. The molecule has 0 saturated carbocycles. The first-order valence-corrected chi connectivity index (χ1v) is 9.34. The van der Waals surface area contributed by atoms with Crippen LogP contribution in [0.2, 0.25) is 0 Å². The standard InChI is InChI=1S/C23H21N3O3/c1-28-20-11-4-5-12-21(20)29-14-13-22(27)24-17-8-6-7-16(15-17)23-25-18-9-2-3-10-19(18)26-23/h2-12,15H,13-14H2,1H3,(H,24,27)(H,25,26). The Labute approximate surface area is 168 Å². The number of aromatic amines is 1. The Kier molecular flexibility index (Phi) is 5.42. The SMILES string of the molecule is COc1ccccc1OCCC(=O)Nc1cccc(-c2nc3ccccc3[nH]2)c1. The van der Waals surface area contributed by atoms with Gasteiger partial charge in [-0.25, -0.2) is 4.98 Å². The summed E-state index contributed by atoms with van der Waals surface area (Å²) in [6.07, 6.45) is 0.229. The fraction of sp³-hybridized carbons (Fsp3) is 0.130. The number of aromatic nitrogens is 2. The average molecular weight is 387 g/mol. The Morgan fingerprint density at radius 1 is 1.00 bits per heavy atom. The van der Waals surface area contributed by atoms with E-state index in [2.05, 4.69) is 15.3 Å². The Balaban J connectivity index is 1.38. The maximum Gasteiger partial charge on any atom is 0.227 e. The molecule has 0 aliphatic rings. The second-order valence-corrected chi connectivity index (χ2v) is 6.48. The molecule has 1 aromatic heterocycles. The minimum Gasteiger partial charge on any atom is -0.493 e. The molecule has 0 fully saturated rings. The molecule has 4 aromatic rings. The molecule has 0 bridgehead atoms. The van der Waals surface area contributed by atoms with Gasteiger partial charge in [0.05, 0.1) is 31.2 Å². The van der Waals surface area contributed by atoms with Crippen LogP contribution in [0.25, 0.3) is 22.4 Å². The van der Waals surface area contributed by atoms with Crippen LogP contribution in [0.15, 0.2) is 72.8 Å². The summed E-state index contributed by atoms with van der Waals surface area (Å²) in [5.41, 5.74) is 3.50. The van der Waals surface area contributed by atoms with Crippen molar-refractivity contribution in [3.8, 4) is 22.9 Å². The lowest BCUT2D eigenvalue weighted by Crippen LogP contribution is -2.15. The number of H-pyrrole nitrogens is 1. The molecule has 0 atom stereocenters. The number of amides is 1. The van der Waals surface area contributed by atoms with Gasteiger partial charge in [-0.1, -0.05) is 36.4 Å². The topological polar surface area (TPSA) is 76.2 Å². The molecule has 0 spiro atoms. The van der Waals surface area contributed by atoms with Gasteiger partial charge in [0, 0.05) is 11.3 Å². The van der Waals surface area contributed by atoms with E-state index in [4.69, 9.17) is 9.47 Å². The number of nitrogens with one attached hydrogen (secondary N) is 2. The summed E-state index contributed by atoms with van der Waals surface area (Å²) < 4.78 is 10.9. The van der Waals surface area contributed by atoms with Crippen molar-refractivity contribution in [1.82, 2.24) is 9.97 Å². The van der Waals surface area contributed by atoms with Crippen molar-refractivity contribution in [2.24, 2.45) is 0 Å². The number of carbonyl (C=O) groups is 1. The number of anilines is 1. The first kappa shape index (κ1) is 18.6. The summed E-state index contributed by atoms with van der Waals surface area (Å²) in [4.78, 5) is 20.2. The van der Waals surface area contributed by atoms with Crippen molar-refractivity contribution in [3.63, 3.8) is 0 Å². The number of ether oxygens (including phenoxy) is 2. The third kappa shape index (κ3) is 4.38. The molecule has 0 radical (unpaired) electrons. The zero-order chi connectivity index (χ0) is 20.1. The maximum absolute atomic E-state index is 12.3. The van der Waals surface area contributed by atoms with Gasteiger partial charge in [-0.15, -0.1) is 0 Å². The zero-order valence-electron chi connectivity index (χ0n) is 16.0. The van der Waals surface area contributed by atoms with E-state index in [9.17, 15) is 4.79 Å². The third-order valence-electron chi connectivity index (χ3n) is 4.46. The van der Waals surface area contributed by atoms with E-state index < -0.39 is 0 Å². The third-order valence-corrected chi connectivity index (χ3v) is 4.46. The number of rotatable bonds is 7. The molecule has 6 heteroatoms. The van der Waals surface area contributed by atoms with Crippen molar-refractivity contribution in [2.75, 3.05) is 19.0 Å². The van der Waals surface area contributed by atoms with E-state index in [0.29, 0.717) is 17.2 Å². The highest BCUT2D eigenvalue weighted by Crippen LogP contribution is 2.26. The van der Waals surface area contributed by atoms with E-state index in [0.717, 1.165) is 22.4 Å². The molecule has 0 aliphatic carbocycles. The Morgan fingerprint density at radius 3 is 2.62 bits per heavy atom. The van der Waals surface area contributed by atoms with Gasteiger partial charge in [-0.3, -0.25) is 4.79 Å². The highest BCUT2D eigenvalue weighted by Gasteiger charge is 2.09. The van der Waals surface area contributed by atoms with Crippen LogP contribution < -0.4 is 14.8 Å². The predicted octanol–water partition coefficient (Wildman–Crippen LogP) is 4.65. The molecule has 3 aromatic carbocycles. The number of benzene rings is 3. The predicted molar refractivity (Wildman–Crippen MR) is 113 cm³/mol. The van der Waals surface area contributed by atoms with Crippen molar-refractivity contribution in [1.29, 1.82) is 0 Å². The lowest BCUT2D eigenvalue weighted by atomic mass is 10.2. The second-order valence-electron chi connectivity index (χ2n) is 6.48. The molecule has 6 nitrogen and oxygen atoms in total. The molecule has 0 unspecified atom stereocenters.